The van der Waals surface area contributed by atoms with Gasteiger partial charge in [-0.1, -0.05) is 19.3 Å². The van der Waals surface area contributed by atoms with Crippen molar-refractivity contribution in [1.82, 2.24) is 10.2 Å². The number of carbonyl (C=O) groups is 2. The molecule has 5 nitrogen and oxygen atoms in total. The molecule has 0 spiro atoms. The molecule has 1 N–H and O–H groups in total. The number of nitrogens with zero attached hydrogens (tertiary/aromatic N) is 1. The summed E-state index contributed by atoms with van der Waals surface area (Å²) in [6.45, 7) is 2.40. The molecular formula is C24H34N2O3. The Hall–Kier alpha value is -2.04. The van der Waals surface area contributed by atoms with Crippen molar-refractivity contribution in [3.8, 4) is 5.75 Å². The first kappa shape index (κ1) is 20.2. The molecule has 158 valence electrons. The van der Waals surface area contributed by atoms with Crippen molar-refractivity contribution in [2.75, 3.05) is 19.7 Å². The molecule has 3 fully saturated rings. The molecule has 2 aliphatic carbocycles. The van der Waals surface area contributed by atoms with E-state index >= 15 is 0 Å². The van der Waals surface area contributed by atoms with Crippen molar-refractivity contribution in [1.29, 1.82) is 0 Å². The van der Waals surface area contributed by atoms with Crippen LogP contribution in [0.5, 0.6) is 5.75 Å². The number of benzene rings is 1. The summed E-state index contributed by atoms with van der Waals surface area (Å²) >= 11 is 0. The first-order chi connectivity index (χ1) is 14.2. The first-order valence-electron chi connectivity index (χ1n) is 11.5. The Balaban J connectivity index is 1.16. The van der Waals surface area contributed by atoms with E-state index in [2.05, 4.69) is 10.2 Å². The molecule has 1 aromatic carbocycles. The molecule has 4 rings (SSSR count). The van der Waals surface area contributed by atoms with Crippen LogP contribution in [0.4, 0.5) is 0 Å². The van der Waals surface area contributed by atoms with E-state index < -0.39 is 0 Å². The Morgan fingerprint density at radius 3 is 2.24 bits per heavy atom. The summed E-state index contributed by atoms with van der Waals surface area (Å²) in [4.78, 5) is 26.7. The van der Waals surface area contributed by atoms with Crippen LogP contribution in [0.25, 0.3) is 0 Å². The van der Waals surface area contributed by atoms with Crippen LogP contribution in [0.1, 0.15) is 74.6 Å². The Kier molecular flexibility index (Phi) is 6.73. The third kappa shape index (κ3) is 5.97. The van der Waals surface area contributed by atoms with Crippen LogP contribution in [0.2, 0.25) is 0 Å². The number of carbonyl (C=O) groups excluding carboxylic acids is 2. The fourth-order valence-corrected chi connectivity index (χ4v) is 4.53. The number of amides is 2. The molecule has 2 amide bonds. The lowest BCUT2D eigenvalue weighted by Crippen LogP contribution is -2.40. The van der Waals surface area contributed by atoms with E-state index in [9.17, 15) is 9.59 Å². The minimum absolute atomic E-state index is 0.00400. The van der Waals surface area contributed by atoms with Gasteiger partial charge in [0.25, 0.3) is 5.91 Å². The minimum Gasteiger partial charge on any atom is -0.493 e. The third-order valence-electron chi connectivity index (χ3n) is 6.67. The molecule has 1 saturated heterocycles. The molecule has 0 bridgehead atoms. The second-order valence-corrected chi connectivity index (χ2v) is 9.12. The molecule has 0 radical (unpaired) electrons. The van der Waals surface area contributed by atoms with Gasteiger partial charge in [0.15, 0.2) is 0 Å². The minimum atomic E-state index is 0.00400. The van der Waals surface area contributed by atoms with E-state index in [0.29, 0.717) is 36.0 Å². The van der Waals surface area contributed by atoms with Crippen LogP contribution in [-0.4, -0.2) is 42.5 Å². The average molecular weight is 399 g/mol. The topological polar surface area (TPSA) is 58.6 Å². The summed E-state index contributed by atoms with van der Waals surface area (Å²) in [6, 6.07) is 7.80. The van der Waals surface area contributed by atoms with Crippen LogP contribution in [0, 0.1) is 11.8 Å². The van der Waals surface area contributed by atoms with Gasteiger partial charge in [-0.15, -0.1) is 0 Å². The second-order valence-electron chi connectivity index (χ2n) is 9.12. The normalized spacial score (nSPS) is 21.0. The van der Waals surface area contributed by atoms with E-state index in [4.69, 9.17) is 4.74 Å². The summed E-state index contributed by atoms with van der Waals surface area (Å²) in [6.07, 6.45) is 11.4. The average Bonchev–Trinajstić information content (AvgIpc) is 3.57. The molecule has 3 aliphatic rings. The van der Waals surface area contributed by atoms with Gasteiger partial charge in [-0.2, -0.15) is 0 Å². The zero-order valence-corrected chi connectivity index (χ0v) is 17.4. The van der Waals surface area contributed by atoms with Gasteiger partial charge in [0.05, 0.1) is 6.61 Å². The monoisotopic (exact) mass is 398 g/mol. The fraction of sp³-hybridized carbons (Fsp3) is 0.667. The van der Waals surface area contributed by atoms with E-state index in [0.717, 1.165) is 50.9 Å². The molecule has 0 atom stereocenters. The van der Waals surface area contributed by atoms with Crippen molar-refractivity contribution in [2.45, 2.75) is 70.3 Å². The van der Waals surface area contributed by atoms with Crippen LogP contribution in [-0.2, 0) is 4.79 Å². The Labute approximate surface area is 174 Å². The lowest BCUT2D eigenvalue weighted by molar-refractivity contribution is -0.134. The van der Waals surface area contributed by atoms with Gasteiger partial charge in [0.1, 0.15) is 5.75 Å². The quantitative estimate of drug-likeness (QED) is 0.750. The summed E-state index contributed by atoms with van der Waals surface area (Å²) in [5, 5.41) is 3.00. The number of ether oxygens (including phenoxy) is 1. The highest BCUT2D eigenvalue weighted by Gasteiger charge is 2.26. The lowest BCUT2D eigenvalue weighted by Gasteiger charge is -2.33. The first-order valence-corrected chi connectivity index (χ1v) is 11.5. The Morgan fingerprint density at radius 1 is 0.897 bits per heavy atom. The Bertz CT molecular complexity index is 685. The molecule has 5 heteroatoms. The van der Waals surface area contributed by atoms with Crippen LogP contribution in [0.15, 0.2) is 24.3 Å². The molecular weight excluding hydrogens is 364 g/mol. The highest BCUT2D eigenvalue weighted by molar-refractivity contribution is 5.94. The zero-order valence-electron chi connectivity index (χ0n) is 17.4. The lowest BCUT2D eigenvalue weighted by atomic mass is 9.86. The number of nitrogens with one attached hydrogen (secondary N) is 1. The van der Waals surface area contributed by atoms with Crippen molar-refractivity contribution in [3.63, 3.8) is 0 Å². The van der Waals surface area contributed by atoms with E-state index in [-0.39, 0.29) is 5.91 Å². The predicted octanol–water partition coefficient (Wildman–Crippen LogP) is 4.17. The molecule has 29 heavy (non-hydrogen) atoms. The molecule has 0 aromatic heterocycles. The summed E-state index contributed by atoms with van der Waals surface area (Å²) in [5.74, 6) is 2.28. The summed E-state index contributed by atoms with van der Waals surface area (Å²) in [7, 11) is 0. The van der Waals surface area contributed by atoms with Crippen molar-refractivity contribution in [2.24, 2.45) is 11.8 Å². The van der Waals surface area contributed by atoms with Gasteiger partial charge in [-0.05, 0) is 74.6 Å². The zero-order chi connectivity index (χ0) is 20.1. The molecule has 1 heterocycles. The number of rotatable bonds is 7. The molecule has 0 unspecified atom stereocenters. The molecule has 1 aliphatic heterocycles. The number of likely N-dealkylation sites (tertiary alicyclic amines) is 1. The van der Waals surface area contributed by atoms with Gasteiger partial charge < -0.3 is 15.0 Å². The van der Waals surface area contributed by atoms with Gasteiger partial charge in [0.2, 0.25) is 5.91 Å². The maximum absolute atomic E-state index is 12.6. The standard InChI is InChI=1S/C24H34N2O3/c27-23(16-18-4-2-1-3-5-18)26-14-12-19(13-15-26)17-29-22-10-6-20(7-11-22)24(28)25-21-8-9-21/h6-7,10-11,18-19,21H,1-5,8-9,12-17H2,(H,25,28). The predicted molar refractivity (Wildman–Crippen MR) is 113 cm³/mol. The number of hydrogen-bond donors (Lipinski definition) is 1. The fourth-order valence-electron chi connectivity index (χ4n) is 4.53. The maximum Gasteiger partial charge on any atom is 0.251 e. The van der Waals surface area contributed by atoms with E-state index in [1.54, 1.807) is 0 Å². The summed E-state index contributed by atoms with van der Waals surface area (Å²) < 4.78 is 5.96. The smallest absolute Gasteiger partial charge is 0.251 e. The van der Waals surface area contributed by atoms with E-state index in [1.807, 2.05) is 24.3 Å². The largest absolute Gasteiger partial charge is 0.493 e. The van der Waals surface area contributed by atoms with E-state index in [1.165, 1.54) is 32.1 Å². The number of piperidine rings is 1. The third-order valence-corrected chi connectivity index (χ3v) is 6.67. The highest BCUT2D eigenvalue weighted by atomic mass is 16.5. The van der Waals surface area contributed by atoms with Crippen LogP contribution >= 0.6 is 0 Å². The number of hydrogen-bond acceptors (Lipinski definition) is 3. The van der Waals surface area contributed by atoms with Crippen LogP contribution in [0.3, 0.4) is 0 Å². The van der Waals surface area contributed by atoms with Crippen LogP contribution < -0.4 is 10.1 Å². The van der Waals surface area contributed by atoms with Crippen molar-refractivity contribution in [3.05, 3.63) is 29.8 Å². The van der Waals surface area contributed by atoms with Crippen molar-refractivity contribution >= 4 is 11.8 Å². The highest BCUT2D eigenvalue weighted by Crippen LogP contribution is 2.28. The Morgan fingerprint density at radius 2 is 1.59 bits per heavy atom. The summed E-state index contributed by atoms with van der Waals surface area (Å²) in [5.41, 5.74) is 0.689. The van der Waals surface area contributed by atoms with Gasteiger partial charge in [0, 0.05) is 31.1 Å². The van der Waals surface area contributed by atoms with Gasteiger partial charge in [-0.3, -0.25) is 9.59 Å². The van der Waals surface area contributed by atoms with Gasteiger partial charge in [-0.25, -0.2) is 0 Å². The molecule has 2 saturated carbocycles. The van der Waals surface area contributed by atoms with Crippen molar-refractivity contribution < 1.29 is 14.3 Å². The maximum atomic E-state index is 12.6. The SMILES string of the molecule is O=C(NC1CC1)c1ccc(OCC2CCN(C(=O)CC3CCCCC3)CC2)cc1. The second kappa shape index (κ2) is 9.64. The van der Waals surface area contributed by atoms with Gasteiger partial charge >= 0.3 is 0 Å². The molecule has 1 aromatic rings.